The molecule has 2 aromatic heterocycles. The molecule has 0 aliphatic heterocycles. The van der Waals surface area contributed by atoms with Crippen molar-refractivity contribution in [1.29, 1.82) is 0 Å². The van der Waals surface area contributed by atoms with Gasteiger partial charge in [0, 0.05) is 25.6 Å². The van der Waals surface area contributed by atoms with Gasteiger partial charge in [0.1, 0.15) is 16.8 Å². The third-order valence-electron chi connectivity index (χ3n) is 1.67. The first-order valence-electron chi connectivity index (χ1n) is 4.47. The number of nitrogens with one attached hydrogen (secondary N) is 1. The molecule has 0 radical (unpaired) electrons. The van der Waals surface area contributed by atoms with Crippen LogP contribution in [-0.4, -0.2) is 27.0 Å². The predicted octanol–water partition coefficient (Wildman–Crippen LogP) is 2.15. The lowest BCUT2D eigenvalue weighted by Crippen LogP contribution is -1.98. The molecule has 0 aliphatic rings. The Bertz CT molecular complexity index is 463. The summed E-state index contributed by atoms with van der Waals surface area (Å²) in [7, 11) is 1.59. The van der Waals surface area contributed by atoms with Crippen LogP contribution in [0.3, 0.4) is 0 Å². The summed E-state index contributed by atoms with van der Waals surface area (Å²) in [5.41, 5.74) is 0. The lowest BCUT2D eigenvalue weighted by atomic mass is 10.6. The fraction of sp³-hybridized carbons (Fsp3) is 0.222. The minimum absolute atomic E-state index is 0.340. The van der Waals surface area contributed by atoms with Crippen LogP contribution in [0.4, 0.5) is 0 Å². The first kappa shape index (κ1) is 11.4. The largest absolute Gasteiger partial charge is 0.377 e. The summed E-state index contributed by atoms with van der Waals surface area (Å²) in [6.07, 6.45) is 3.43. The van der Waals surface area contributed by atoms with Gasteiger partial charge in [-0.25, -0.2) is 15.0 Å². The molecule has 0 bridgehead atoms. The molecule has 1 N–H and O–H groups in total. The Morgan fingerprint density at radius 1 is 1.50 bits per heavy atom. The van der Waals surface area contributed by atoms with Crippen LogP contribution in [0.15, 0.2) is 28.6 Å². The fourth-order valence-electron chi connectivity index (χ4n) is 1.09. The zero-order valence-electron chi connectivity index (χ0n) is 8.48. The van der Waals surface area contributed by atoms with Crippen LogP contribution in [0.25, 0.3) is 0 Å². The molecule has 0 aromatic carbocycles. The second-order valence-electron chi connectivity index (χ2n) is 2.87. The molecule has 2 heterocycles. The minimum Gasteiger partial charge on any atom is -0.377 e. The van der Waals surface area contributed by atoms with Gasteiger partial charge in [-0.05, 0) is 11.8 Å². The highest BCUT2D eigenvalue weighted by Gasteiger charge is 2.06. The summed E-state index contributed by atoms with van der Waals surface area (Å²) >= 11 is 7.27. The van der Waals surface area contributed by atoms with Gasteiger partial charge in [-0.2, -0.15) is 0 Å². The van der Waals surface area contributed by atoms with Crippen LogP contribution in [0.5, 0.6) is 0 Å². The Kier molecular flexibility index (Phi) is 3.76. The van der Waals surface area contributed by atoms with Gasteiger partial charge in [-0.1, -0.05) is 11.6 Å². The highest BCUT2D eigenvalue weighted by molar-refractivity contribution is 7.99. The number of H-pyrrole nitrogens is 1. The molecule has 0 aliphatic carbocycles. The van der Waals surface area contributed by atoms with Gasteiger partial charge in [0.25, 0.3) is 0 Å². The van der Waals surface area contributed by atoms with E-state index in [0.717, 1.165) is 10.2 Å². The van der Waals surface area contributed by atoms with Crippen LogP contribution in [0, 0.1) is 0 Å². The maximum atomic E-state index is 5.88. The molecule has 0 amide bonds. The van der Waals surface area contributed by atoms with Gasteiger partial charge < -0.3 is 9.72 Å². The second-order valence-corrected chi connectivity index (χ2v) is 4.27. The average Bonchev–Trinajstić information content (AvgIpc) is 2.70. The number of hydrogen-bond acceptors (Lipinski definition) is 5. The van der Waals surface area contributed by atoms with Crippen molar-refractivity contribution < 1.29 is 4.74 Å². The molecule has 2 rings (SSSR count). The topological polar surface area (TPSA) is 63.7 Å². The fourth-order valence-corrected chi connectivity index (χ4v) is 2.12. The number of nitrogens with zero attached hydrogens (tertiary/aromatic N) is 3. The van der Waals surface area contributed by atoms with E-state index in [2.05, 4.69) is 19.9 Å². The molecule has 7 heteroatoms. The highest BCUT2D eigenvalue weighted by Crippen LogP contribution is 2.24. The Morgan fingerprint density at radius 2 is 2.38 bits per heavy atom. The van der Waals surface area contributed by atoms with Crippen molar-refractivity contribution in [2.24, 2.45) is 0 Å². The minimum atomic E-state index is 0.340. The van der Waals surface area contributed by atoms with Gasteiger partial charge in [0.2, 0.25) is 0 Å². The molecular weight excluding hydrogens is 248 g/mol. The molecule has 0 fully saturated rings. The van der Waals surface area contributed by atoms with E-state index in [1.165, 1.54) is 11.8 Å². The number of imidazole rings is 1. The molecule has 0 atom stereocenters. The Labute approximate surface area is 102 Å². The van der Waals surface area contributed by atoms with Gasteiger partial charge in [0.05, 0.1) is 0 Å². The van der Waals surface area contributed by atoms with Crippen molar-refractivity contribution in [3.63, 3.8) is 0 Å². The van der Waals surface area contributed by atoms with Crippen molar-refractivity contribution >= 4 is 23.4 Å². The van der Waals surface area contributed by atoms with E-state index in [9.17, 15) is 0 Å². The lowest BCUT2D eigenvalue weighted by molar-refractivity contribution is 0.177. The van der Waals surface area contributed by atoms with Gasteiger partial charge in [-0.15, -0.1) is 0 Å². The monoisotopic (exact) mass is 256 g/mol. The van der Waals surface area contributed by atoms with Crippen molar-refractivity contribution in [1.82, 2.24) is 19.9 Å². The van der Waals surface area contributed by atoms with Crippen LogP contribution >= 0.6 is 23.4 Å². The number of ether oxygens (including phenoxy) is 1. The summed E-state index contributed by atoms with van der Waals surface area (Å²) in [5.74, 6) is 0.559. The number of aromatic nitrogens is 4. The standard InChI is InChI=1S/C9H9ClN4OS/c1-15-5-7-13-6(10)4-8(14-7)16-9-11-2-3-12-9/h2-4H,5H2,1H3,(H,11,12). The molecule has 0 saturated carbocycles. The maximum absolute atomic E-state index is 5.88. The first-order valence-corrected chi connectivity index (χ1v) is 5.67. The maximum Gasteiger partial charge on any atom is 0.171 e. The predicted molar refractivity (Wildman–Crippen MR) is 60.5 cm³/mol. The molecule has 2 aromatic rings. The van der Waals surface area contributed by atoms with Crippen molar-refractivity contribution in [2.45, 2.75) is 16.8 Å². The van der Waals surface area contributed by atoms with Crippen LogP contribution < -0.4 is 0 Å². The SMILES string of the molecule is COCc1nc(Cl)cc(Sc2ncc[nH]2)n1. The van der Waals surface area contributed by atoms with E-state index in [0.29, 0.717) is 17.6 Å². The number of methoxy groups -OCH3 is 1. The van der Waals surface area contributed by atoms with E-state index in [4.69, 9.17) is 16.3 Å². The van der Waals surface area contributed by atoms with Crippen LogP contribution in [0.2, 0.25) is 5.15 Å². The molecule has 84 valence electrons. The zero-order valence-corrected chi connectivity index (χ0v) is 10.0. The lowest BCUT2D eigenvalue weighted by Gasteiger charge is -2.02. The Balaban J connectivity index is 2.20. The van der Waals surface area contributed by atoms with E-state index >= 15 is 0 Å². The van der Waals surface area contributed by atoms with Crippen LogP contribution in [0.1, 0.15) is 5.82 Å². The number of aromatic amines is 1. The zero-order chi connectivity index (χ0) is 11.4. The quantitative estimate of drug-likeness (QED) is 0.850. The number of hydrogen-bond donors (Lipinski definition) is 1. The number of rotatable bonds is 4. The summed E-state index contributed by atoms with van der Waals surface area (Å²) in [5, 5.41) is 1.90. The Morgan fingerprint density at radius 3 is 3.06 bits per heavy atom. The van der Waals surface area contributed by atoms with E-state index in [-0.39, 0.29) is 0 Å². The molecule has 0 spiro atoms. The van der Waals surface area contributed by atoms with Gasteiger partial charge in [-0.3, -0.25) is 0 Å². The summed E-state index contributed by atoms with van der Waals surface area (Å²) in [4.78, 5) is 15.4. The van der Waals surface area contributed by atoms with E-state index in [1.807, 2.05) is 0 Å². The van der Waals surface area contributed by atoms with Crippen molar-refractivity contribution in [2.75, 3.05) is 7.11 Å². The number of halogens is 1. The highest BCUT2D eigenvalue weighted by atomic mass is 35.5. The van der Waals surface area contributed by atoms with Crippen molar-refractivity contribution in [3.8, 4) is 0 Å². The summed E-state index contributed by atoms with van der Waals surface area (Å²) in [6.45, 7) is 0.340. The van der Waals surface area contributed by atoms with Gasteiger partial charge in [0.15, 0.2) is 11.0 Å². The van der Waals surface area contributed by atoms with Crippen molar-refractivity contribution in [3.05, 3.63) is 29.4 Å². The normalized spacial score (nSPS) is 10.6. The third-order valence-corrected chi connectivity index (χ3v) is 2.69. The smallest absolute Gasteiger partial charge is 0.171 e. The third kappa shape index (κ3) is 2.94. The second kappa shape index (κ2) is 5.29. The summed E-state index contributed by atoms with van der Waals surface area (Å²) in [6, 6.07) is 1.69. The van der Waals surface area contributed by atoms with E-state index in [1.54, 1.807) is 25.6 Å². The molecule has 0 saturated heterocycles. The first-order chi connectivity index (χ1) is 7.78. The van der Waals surface area contributed by atoms with Gasteiger partial charge >= 0.3 is 0 Å². The molecule has 0 unspecified atom stereocenters. The Hall–Kier alpha value is -1.11. The molecule has 16 heavy (non-hydrogen) atoms. The summed E-state index contributed by atoms with van der Waals surface area (Å²) < 4.78 is 4.96. The average molecular weight is 257 g/mol. The molecule has 5 nitrogen and oxygen atoms in total. The van der Waals surface area contributed by atoms with E-state index < -0.39 is 0 Å². The van der Waals surface area contributed by atoms with Crippen LogP contribution in [-0.2, 0) is 11.3 Å². The molecular formula is C9H9ClN4OS.